The summed E-state index contributed by atoms with van der Waals surface area (Å²) in [6, 6.07) is 2.03. The Hall–Kier alpha value is -1.60. The normalized spacial score (nSPS) is 19.2. The Kier molecular flexibility index (Phi) is 5.51. The van der Waals surface area contributed by atoms with E-state index < -0.39 is 0 Å². The molecule has 1 saturated heterocycles. The van der Waals surface area contributed by atoms with Crippen LogP contribution in [-0.4, -0.2) is 44.7 Å². The maximum absolute atomic E-state index is 4.45. The Balaban J connectivity index is 1.59. The molecule has 6 nitrogen and oxygen atoms in total. The molecule has 0 saturated carbocycles. The maximum Gasteiger partial charge on any atom is 0.210 e. The van der Waals surface area contributed by atoms with E-state index in [1.165, 1.54) is 43.8 Å². The molecule has 1 atom stereocenters. The molecule has 0 spiro atoms. The second-order valence-electron chi connectivity index (χ2n) is 6.63. The van der Waals surface area contributed by atoms with Crippen molar-refractivity contribution in [2.45, 2.75) is 33.1 Å². The van der Waals surface area contributed by atoms with E-state index in [1.54, 1.807) is 11.8 Å². The van der Waals surface area contributed by atoms with Crippen LogP contribution in [0.4, 0.5) is 10.9 Å². The van der Waals surface area contributed by atoms with Crippen molar-refractivity contribution in [3.8, 4) is 0 Å². The molecule has 1 aliphatic heterocycles. The number of aromatic nitrogens is 4. The van der Waals surface area contributed by atoms with Gasteiger partial charge in [0.15, 0.2) is 0 Å². The van der Waals surface area contributed by atoms with E-state index >= 15 is 0 Å². The van der Waals surface area contributed by atoms with Crippen molar-refractivity contribution in [2.75, 3.05) is 25.0 Å². The van der Waals surface area contributed by atoms with Crippen molar-refractivity contribution in [3.63, 3.8) is 0 Å². The average molecular weight is 332 g/mol. The molecule has 7 heteroatoms. The fourth-order valence-corrected chi connectivity index (χ4v) is 3.66. The van der Waals surface area contributed by atoms with E-state index in [-0.39, 0.29) is 0 Å². The van der Waals surface area contributed by atoms with E-state index in [4.69, 9.17) is 0 Å². The second-order valence-corrected chi connectivity index (χ2v) is 7.46. The first-order valence-corrected chi connectivity index (χ1v) is 9.13. The van der Waals surface area contributed by atoms with Gasteiger partial charge in [-0.15, -0.1) is 10.2 Å². The Bertz CT molecular complexity index is 600. The Morgan fingerprint density at radius 1 is 1.39 bits per heavy atom. The molecule has 0 bridgehead atoms. The van der Waals surface area contributed by atoms with Gasteiger partial charge in [0, 0.05) is 24.8 Å². The van der Waals surface area contributed by atoms with Crippen molar-refractivity contribution in [1.29, 1.82) is 0 Å². The van der Waals surface area contributed by atoms with Gasteiger partial charge in [-0.1, -0.05) is 25.2 Å². The summed E-state index contributed by atoms with van der Waals surface area (Å²) in [5, 5.41) is 11.7. The Labute approximate surface area is 141 Å². The molecule has 2 aromatic heterocycles. The molecule has 0 amide bonds. The van der Waals surface area contributed by atoms with Crippen LogP contribution in [-0.2, 0) is 6.42 Å². The highest BCUT2D eigenvalue weighted by molar-refractivity contribution is 7.13. The van der Waals surface area contributed by atoms with Gasteiger partial charge in [0.05, 0.1) is 0 Å². The lowest BCUT2D eigenvalue weighted by atomic mass is 9.92. The zero-order valence-corrected chi connectivity index (χ0v) is 14.6. The predicted octanol–water partition coefficient (Wildman–Crippen LogP) is 2.98. The average Bonchev–Trinajstić information content (AvgIpc) is 3.00. The number of nitrogens with one attached hydrogen (secondary N) is 1. The molecule has 1 aliphatic rings. The molecule has 2 aromatic rings. The topological polar surface area (TPSA) is 66.8 Å². The van der Waals surface area contributed by atoms with Crippen LogP contribution >= 0.6 is 11.3 Å². The minimum atomic E-state index is 0.687. The zero-order valence-electron chi connectivity index (χ0n) is 13.8. The van der Waals surface area contributed by atoms with E-state index in [0.717, 1.165) is 29.0 Å². The van der Waals surface area contributed by atoms with Crippen molar-refractivity contribution in [1.82, 2.24) is 25.1 Å². The molecular weight excluding hydrogens is 308 g/mol. The first kappa shape index (κ1) is 16.3. The summed E-state index contributed by atoms with van der Waals surface area (Å²) in [6.07, 6.45) is 5.23. The third-order valence-corrected chi connectivity index (χ3v) is 4.65. The molecule has 0 aliphatic carbocycles. The van der Waals surface area contributed by atoms with Gasteiger partial charge in [0.25, 0.3) is 0 Å². The van der Waals surface area contributed by atoms with E-state index in [0.29, 0.717) is 5.92 Å². The predicted molar refractivity (Wildman–Crippen MR) is 92.9 cm³/mol. The fourth-order valence-electron chi connectivity index (χ4n) is 3.21. The van der Waals surface area contributed by atoms with Crippen molar-refractivity contribution < 1.29 is 0 Å². The number of piperidine rings is 1. The van der Waals surface area contributed by atoms with Crippen LogP contribution in [0.15, 0.2) is 17.9 Å². The van der Waals surface area contributed by atoms with Crippen LogP contribution in [0.25, 0.3) is 0 Å². The zero-order chi connectivity index (χ0) is 16.1. The fraction of sp³-hybridized carbons (Fsp3) is 0.625. The SMILES string of the molecule is CC(C)CN1CCC[C@@H](Cc2cc(Nc3nncs3)ncn2)C1. The second kappa shape index (κ2) is 7.79. The Morgan fingerprint density at radius 2 is 2.30 bits per heavy atom. The summed E-state index contributed by atoms with van der Waals surface area (Å²) in [5.41, 5.74) is 2.80. The monoisotopic (exact) mass is 332 g/mol. The van der Waals surface area contributed by atoms with Gasteiger partial charge in [0.1, 0.15) is 17.7 Å². The lowest BCUT2D eigenvalue weighted by molar-refractivity contribution is 0.157. The molecule has 23 heavy (non-hydrogen) atoms. The van der Waals surface area contributed by atoms with Gasteiger partial charge in [-0.25, -0.2) is 9.97 Å². The minimum absolute atomic E-state index is 0.687. The number of rotatable bonds is 6. The highest BCUT2D eigenvalue weighted by Gasteiger charge is 2.21. The largest absolute Gasteiger partial charge is 0.315 e. The molecular formula is C16H24N6S. The number of nitrogens with zero attached hydrogens (tertiary/aromatic N) is 5. The van der Waals surface area contributed by atoms with Gasteiger partial charge in [-0.05, 0) is 37.6 Å². The van der Waals surface area contributed by atoms with Gasteiger partial charge in [-0.3, -0.25) is 0 Å². The van der Waals surface area contributed by atoms with Crippen LogP contribution < -0.4 is 5.32 Å². The Morgan fingerprint density at radius 3 is 3.09 bits per heavy atom. The molecule has 3 rings (SSSR count). The molecule has 0 radical (unpaired) electrons. The van der Waals surface area contributed by atoms with Crippen LogP contribution in [0.5, 0.6) is 0 Å². The van der Waals surface area contributed by atoms with Gasteiger partial charge in [-0.2, -0.15) is 0 Å². The molecule has 1 N–H and O–H groups in total. The first-order valence-electron chi connectivity index (χ1n) is 8.25. The molecule has 0 unspecified atom stereocenters. The molecule has 124 valence electrons. The quantitative estimate of drug-likeness (QED) is 0.877. The third kappa shape index (κ3) is 4.94. The van der Waals surface area contributed by atoms with E-state index in [1.807, 2.05) is 6.07 Å². The van der Waals surface area contributed by atoms with Gasteiger partial charge in [0.2, 0.25) is 5.13 Å². The summed E-state index contributed by atoms with van der Waals surface area (Å²) in [6.45, 7) is 8.20. The minimum Gasteiger partial charge on any atom is -0.315 e. The summed E-state index contributed by atoms with van der Waals surface area (Å²) >= 11 is 1.46. The standard InChI is InChI=1S/C16H24N6S/c1-12(2)8-22-5-3-4-13(9-22)6-14-7-15(18-10-17-14)20-16-21-19-11-23-16/h7,10-13H,3-6,8-9H2,1-2H3,(H,17,18,20,21)/t13-/m0/s1. The third-order valence-electron chi connectivity index (χ3n) is 4.04. The smallest absolute Gasteiger partial charge is 0.210 e. The molecule has 0 aromatic carbocycles. The lowest BCUT2D eigenvalue weighted by Crippen LogP contribution is -2.38. The number of hydrogen-bond acceptors (Lipinski definition) is 7. The van der Waals surface area contributed by atoms with Crippen LogP contribution in [0, 0.1) is 11.8 Å². The highest BCUT2D eigenvalue weighted by atomic mass is 32.1. The summed E-state index contributed by atoms with van der Waals surface area (Å²) in [4.78, 5) is 11.3. The van der Waals surface area contributed by atoms with E-state index in [9.17, 15) is 0 Å². The number of hydrogen-bond donors (Lipinski definition) is 1. The van der Waals surface area contributed by atoms with Crippen LogP contribution in [0.2, 0.25) is 0 Å². The molecule has 1 fully saturated rings. The summed E-state index contributed by atoms with van der Waals surface area (Å²) < 4.78 is 0. The first-order chi connectivity index (χ1) is 11.2. The van der Waals surface area contributed by atoms with Crippen molar-refractivity contribution >= 4 is 22.3 Å². The van der Waals surface area contributed by atoms with Gasteiger partial charge < -0.3 is 10.2 Å². The lowest BCUT2D eigenvalue weighted by Gasteiger charge is -2.33. The van der Waals surface area contributed by atoms with Gasteiger partial charge >= 0.3 is 0 Å². The highest BCUT2D eigenvalue weighted by Crippen LogP contribution is 2.22. The van der Waals surface area contributed by atoms with E-state index in [2.05, 4.69) is 44.2 Å². The number of likely N-dealkylation sites (tertiary alicyclic amines) is 1. The van der Waals surface area contributed by atoms with Crippen molar-refractivity contribution in [2.24, 2.45) is 11.8 Å². The van der Waals surface area contributed by atoms with Crippen LogP contribution in [0.1, 0.15) is 32.4 Å². The summed E-state index contributed by atoms with van der Waals surface area (Å²) in [7, 11) is 0. The maximum atomic E-state index is 4.45. The summed E-state index contributed by atoms with van der Waals surface area (Å²) in [5.74, 6) is 2.21. The van der Waals surface area contributed by atoms with Crippen LogP contribution in [0.3, 0.4) is 0 Å². The number of anilines is 2. The van der Waals surface area contributed by atoms with Crippen molar-refractivity contribution in [3.05, 3.63) is 23.6 Å². The molecule has 3 heterocycles.